The molecule has 1 aliphatic heterocycles. The number of hydrogen-bond donors (Lipinski definition) is 1. The Labute approximate surface area is 180 Å². The van der Waals surface area contributed by atoms with E-state index in [0.717, 1.165) is 37.3 Å². The van der Waals surface area contributed by atoms with Gasteiger partial charge in [-0.2, -0.15) is 0 Å². The fourth-order valence-corrected chi connectivity index (χ4v) is 4.03. The van der Waals surface area contributed by atoms with Crippen LogP contribution >= 0.6 is 11.6 Å². The van der Waals surface area contributed by atoms with E-state index in [4.69, 9.17) is 16.0 Å². The topological polar surface area (TPSA) is 67.5 Å². The number of hydrogen-bond acceptors (Lipinski definition) is 4. The molecule has 1 aromatic carbocycles. The van der Waals surface area contributed by atoms with Crippen LogP contribution in [-0.2, 0) is 6.54 Å². The summed E-state index contributed by atoms with van der Waals surface area (Å²) in [6.45, 7) is 2.73. The molecule has 1 saturated heterocycles. The van der Waals surface area contributed by atoms with Gasteiger partial charge in [0.2, 0.25) is 0 Å². The molecule has 1 atom stereocenters. The Kier molecular flexibility index (Phi) is 6.35. The maximum Gasteiger partial charge on any atom is 0.252 e. The fraction of sp³-hybridized carbons (Fsp3) is 0.304. The Morgan fingerprint density at radius 2 is 1.90 bits per heavy atom. The molecule has 1 aliphatic rings. The van der Waals surface area contributed by atoms with E-state index in [0.29, 0.717) is 23.7 Å². The Morgan fingerprint density at radius 3 is 2.63 bits per heavy atom. The van der Waals surface area contributed by atoms with Gasteiger partial charge >= 0.3 is 0 Å². The summed E-state index contributed by atoms with van der Waals surface area (Å²) in [6.07, 6.45) is 5.54. The van der Waals surface area contributed by atoms with E-state index in [9.17, 15) is 9.59 Å². The van der Waals surface area contributed by atoms with Crippen molar-refractivity contribution in [2.24, 2.45) is 0 Å². The lowest BCUT2D eigenvalue weighted by molar-refractivity contribution is 0.0933. The number of pyridine rings is 1. The second kappa shape index (κ2) is 9.32. The molecule has 2 aromatic heterocycles. The molecule has 0 saturated carbocycles. The van der Waals surface area contributed by atoms with Gasteiger partial charge in [0.15, 0.2) is 0 Å². The van der Waals surface area contributed by atoms with Crippen LogP contribution in [0.15, 0.2) is 70.2 Å². The smallest absolute Gasteiger partial charge is 0.252 e. The summed E-state index contributed by atoms with van der Waals surface area (Å²) in [4.78, 5) is 27.4. The molecule has 1 fully saturated rings. The van der Waals surface area contributed by atoms with Gasteiger partial charge in [-0.25, -0.2) is 0 Å². The Bertz CT molecular complexity index is 1060. The molecule has 6 nitrogen and oxygen atoms in total. The van der Waals surface area contributed by atoms with Crippen LogP contribution in [0.5, 0.6) is 0 Å². The highest BCUT2D eigenvalue weighted by atomic mass is 35.5. The van der Waals surface area contributed by atoms with Gasteiger partial charge in [0.05, 0.1) is 24.4 Å². The summed E-state index contributed by atoms with van der Waals surface area (Å²) in [5, 5.41) is 3.59. The third kappa shape index (κ3) is 4.66. The number of carbonyl (C=O) groups is 1. The first-order valence-electron chi connectivity index (χ1n) is 10.1. The van der Waals surface area contributed by atoms with Crippen molar-refractivity contribution < 1.29 is 9.21 Å². The number of amides is 1. The van der Waals surface area contributed by atoms with Crippen molar-refractivity contribution >= 4 is 17.5 Å². The highest BCUT2D eigenvalue weighted by Crippen LogP contribution is 2.25. The van der Waals surface area contributed by atoms with E-state index >= 15 is 0 Å². The molecule has 4 rings (SSSR count). The van der Waals surface area contributed by atoms with E-state index in [1.807, 2.05) is 30.3 Å². The number of likely N-dealkylation sites (tertiary alicyclic amines) is 1. The van der Waals surface area contributed by atoms with Gasteiger partial charge in [-0.1, -0.05) is 29.8 Å². The third-order valence-corrected chi connectivity index (χ3v) is 5.82. The lowest BCUT2D eigenvalue weighted by atomic mass is 10.1. The number of nitrogens with one attached hydrogen (secondary N) is 1. The first kappa shape index (κ1) is 20.4. The standard InChI is InChI=1S/C23H24ClN3O3/c24-19-7-2-1-6-17(19)15-27-16-18(9-10-22(27)28)23(29)25-14-20(21-8-5-13-30-21)26-11-3-4-12-26/h1-2,5-10,13,16,20H,3-4,11-12,14-15H2,(H,25,29)/t20-/m1/s1. The number of halogens is 1. The van der Waals surface area contributed by atoms with E-state index in [1.54, 1.807) is 24.6 Å². The second-order valence-corrected chi connectivity index (χ2v) is 7.87. The van der Waals surface area contributed by atoms with Crippen molar-refractivity contribution in [3.63, 3.8) is 0 Å². The van der Waals surface area contributed by atoms with Crippen molar-refractivity contribution in [1.29, 1.82) is 0 Å². The van der Waals surface area contributed by atoms with Crippen LogP contribution in [0.25, 0.3) is 0 Å². The molecular weight excluding hydrogens is 402 g/mol. The number of aromatic nitrogens is 1. The molecule has 30 heavy (non-hydrogen) atoms. The Morgan fingerprint density at radius 1 is 1.10 bits per heavy atom. The van der Waals surface area contributed by atoms with Crippen LogP contribution in [0.4, 0.5) is 0 Å². The largest absolute Gasteiger partial charge is 0.468 e. The van der Waals surface area contributed by atoms with Gasteiger partial charge in [-0.05, 0) is 55.8 Å². The van der Waals surface area contributed by atoms with Crippen molar-refractivity contribution in [2.75, 3.05) is 19.6 Å². The quantitative estimate of drug-likeness (QED) is 0.626. The van der Waals surface area contributed by atoms with Gasteiger partial charge < -0.3 is 14.3 Å². The summed E-state index contributed by atoms with van der Waals surface area (Å²) < 4.78 is 7.11. The lowest BCUT2D eigenvalue weighted by Gasteiger charge is -2.26. The van der Waals surface area contributed by atoms with Crippen LogP contribution < -0.4 is 10.9 Å². The summed E-state index contributed by atoms with van der Waals surface area (Å²) in [6, 6.07) is 14.1. The molecule has 1 N–H and O–H groups in total. The number of benzene rings is 1. The fourth-order valence-electron chi connectivity index (χ4n) is 3.83. The number of carbonyl (C=O) groups excluding carboxylic acids is 1. The van der Waals surface area contributed by atoms with Gasteiger partial charge in [0, 0.05) is 23.8 Å². The lowest BCUT2D eigenvalue weighted by Crippen LogP contribution is -2.37. The van der Waals surface area contributed by atoms with Gasteiger partial charge in [-0.3, -0.25) is 14.5 Å². The normalized spacial score (nSPS) is 15.2. The van der Waals surface area contributed by atoms with Crippen LogP contribution in [-0.4, -0.2) is 35.0 Å². The van der Waals surface area contributed by atoms with Crippen LogP contribution in [0, 0.1) is 0 Å². The first-order valence-corrected chi connectivity index (χ1v) is 10.5. The average molecular weight is 426 g/mol. The van der Waals surface area contributed by atoms with Crippen LogP contribution in [0.2, 0.25) is 5.02 Å². The Balaban J connectivity index is 1.48. The number of nitrogens with zero attached hydrogens (tertiary/aromatic N) is 2. The van der Waals surface area contributed by atoms with Gasteiger partial charge in [0.1, 0.15) is 5.76 Å². The predicted octanol–water partition coefficient (Wildman–Crippen LogP) is 3.71. The minimum Gasteiger partial charge on any atom is -0.468 e. The van der Waals surface area contributed by atoms with Crippen LogP contribution in [0.1, 0.15) is 40.6 Å². The van der Waals surface area contributed by atoms with Gasteiger partial charge in [-0.15, -0.1) is 0 Å². The van der Waals surface area contributed by atoms with E-state index < -0.39 is 0 Å². The van der Waals surface area contributed by atoms with Crippen molar-refractivity contribution in [3.8, 4) is 0 Å². The Hall–Kier alpha value is -2.83. The number of furan rings is 1. The minimum absolute atomic E-state index is 0.000445. The summed E-state index contributed by atoms with van der Waals surface area (Å²) >= 11 is 6.22. The molecular formula is C23H24ClN3O3. The van der Waals surface area contributed by atoms with Crippen molar-refractivity contribution in [1.82, 2.24) is 14.8 Å². The van der Waals surface area contributed by atoms with Gasteiger partial charge in [0.25, 0.3) is 11.5 Å². The highest BCUT2D eigenvalue weighted by Gasteiger charge is 2.26. The van der Waals surface area contributed by atoms with E-state index in [-0.39, 0.29) is 17.5 Å². The molecule has 0 aliphatic carbocycles. The maximum absolute atomic E-state index is 12.8. The summed E-state index contributed by atoms with van der Waals surface area (Å²) in [7, 11) is 0. The molecule has 156 valence electrons. The molecule has 1 amide bonds. The average Bonchev–Trinajstić information content (AvgIpc) is 3.46. The zero-order valence-electron chi connectivity index (χ0n) is 16.6. The minimum atomic E-state index is -0.223. The molecule has 0 spiro atoms. The zero-order chi connectivity index (χ0) is 20.9. The molecule has 3 heterocycles. The van der Waals surface area contributed by atoms with Crippen LogP contribution in [0.3, 0.4) is 0 Å². The SMILES string of the molecule is O=C(NC[C@H](c1ccco1)N1CCCC1)c1ccc(=O)n(Cc2ccccc2Cl)c1. The van der Waals surface area contributed by atoms with E-state index in [2.05, 4.69) is 10.2 Å². The zero-order valence-corrected chi connectivity index (χ0v) is 17.3. The van der Waals surface area contributed by atoms with Crippen molar-refractivity contribution in [2.45, 2.75) is 25.4 Å². The number of rotatable bonds is 7. The molecule has 0 radical (unpaired) electrons. The maximum atomic E-state index is 12.8. The molecule has 3 aromatic rings. The summed E-state index contributed by atoms with van der Waals surface area (Å²) in [5.74, 6) is 0.625. The third-order valence-electron chi connectivity index (χ3n) is 5.45. The van der Waals surface area contributed by atoms with E-state index in [1.165, 1.54) is 10.6 Å². The highest BCUT2D eigenvalue weighted by molar-refractivity contribution is 6.31. The second-order valence-electron chi connectivity index (χ2n) is 7.46. The molecule has 0 bridgehead atoms. The molecule has 7 heteroatoms. The monoisotopic (exact) mass is 425 g/mol. The van der Waals surface area contributed by atoms with Crippen molar-refractivity contribution in [3.05, 3.63) is 93.3 Å². The molecule has 0 unspecified atom stereocenters. The predicted molar refractivity (Wildman–Crippen MR) is 116 cm³/mol. The first-order chi connectivity index (χ1) is 14.6. The summed E-state index contributed by atoms with van der Waals surface area (Å²) in [5.41, 5.74) is 1.07.